The van der Waals surface area contributed by atoms with Crippen LogP contribution in [0.1, 0.15) is 26.7 Å². The van der Waals surface area contributed by atoms with Crippen LogP contribution in [0.4, 0.5) is 0 Å². The first-order valence-corrected chi connectivity index (χ1v) is 6.89. The number of hydrogen-bond acceptors (Lipinski definition) is 3. The lowest BCUT2D eigenvalue weighted by atomic mass is 10.1. The Balaban J connectivity index is 2.80. The summed E-state index contributed by atoms with van der Waals surface area (Å²) in [4.78, 5) is 4.44. The lowest BCUT2D eigenvalue weighted by molar-refractivity contribution is 0.946. The Labute approximate surface area is 116 Å². The zero-order valence-electron chi connectivity index (χ0n) is 12.0. The van der Waals surface area contributed by atoms with Crippen molar-refractivity contribution in [2.45, 2.75) is 26.7 Å². The number of hydrogen-bond donors (Lipinski definition) is 2. The first-order chi connectivity index (χ1) is 9.21. The molecule has 1 aliphatic heterocycles. The Morgan fingerprint density at radius 1 is 1.37 bits per heavy atom. The second-order valence-corrected chi connectivity index (χ2v) is 4.69. The van der Waals surface area contributed by atoms with Crippen LogP contribution in [0.15, 0.2) is 52.1 Å². The first kappa shape index (κ1) is 15.6. The van der Waals surface area contributed by atoms with Crippen LogP contribution >= 0.6 is 0 Å². The van der Waals surface area contributed by atoms with E-state index in [1.807, 2.05) is 6.08 Å². The van der Waals surface area contributed by atoms with E-state index in [1.165, 1.54) is 16.7 Å². The highest BCUT2D eigenvalue weighted by atomic mass is 14.8. The van der Waals surface area contributed by atoms with Gasteiger partial charge in [-0.15, -0.1) is 0 Å². The summed E-state index contributed by atoms with van der Waals surface area (Å²) in [6.45, 7) is 6.06. The molecule has 4 N–H and O–H groups in total. The molecule has 0 amide bonds. The van der Waals surface area contributed by atoms with Crippen molar-refractivity contribution in [3.05, 3.63) is 47.1 Å². The molecule has 3 heteroatoms. The van der Waals surface area contributed by atoms with E-state index in [2.05, 4.69) is 43.1 Å². The molecule has 0 saturated carbocycles. The maximum Gasteiger partial charge on any atom is 0.0609 e. The monoisotopic (exact) mass is 259 g/mol. The maximum absolute atomic E-state index is 5.75. The highest BCUT2D eigenvalue weighted by Crippen LogP contribution is 2.13. The second-order valence-electron chi connectivity index (χ2n) is 4.69. The standard InChI is InChI=1S/C16H25N3/c1-3-4-5-14(10-17)6-7-15-8-9-16(11-18)19-12-13(15)2/h5-9H,3-4,10-12,17-18H2,1-2H3. The third-order valence-corrected chi connectivity index (χ3v) is 3.08. The van der Waals surface area contributed by atoms with Gasteiger partial charge < -0.3 is 11.5 Å². The largest absolute Gasteiger partial charge is 0.327 e. The number of aliphatic imine (C=N–C) groups is 1. The third-order valence-electron chi connectivity index (χ3n) is 3.08. The molecule has 1 aliphatic rings. The highest BCUT2D eigenvalue weighted by Gasteiger charge is 2.01. The van der Waals surface area contributed by atoms with Crippen LogP contribution in [0.25, 0.3) is 0 Å². The van der Waals surface area contributed by atoms with Crippen molar-refractivity contribution in [1.29, 1.82) is 0 Å². The minimum absolute atomic E-state index is 0.491. The summed E-state index contributed by atoms with van der Waals surface area (Å²) < 4.78 is 0. The van der Waals surface area contributed by atoms with Gasteiger partial charge in [0.15, 0.2) is 0 Å². The Morgan fingerprint density at radius 2 is 2.16 bits per heavy atom. The molecule has 0 aliphatic carbocycles. The summed E-state index contributed by atoms with van der Waals surface area (Å²) in [5.41, 5.74) is 15.9. The smallest absolute Gasteiger partial charge is 0.0609 e. The summed E-state index contributed by atoms with van der Waals surface area (Å²) in [6.07, 6.45) is 12.7. The average molecular weight is 259 g/mol. The van der Waals surface area contributed by atoms with Gasteiger partial charge in [0, 0.05) is 18.8 Å². The number of rotatable bonds is 6. The van der Waals surface area contributed by atoms with Crippen molar-refractivity contribution in [3.63, 3.8) is 0 Å². The predicted molar refractivity (Wildman–Crippen MR) is 84.4 cm³/mol. The molecule has 0 aromatic carbocycles. The van der Waals surface area contributed by atoms with Gasteiger partial charge in [0.1, 0.15) is 0 Å². The third kappa shape index (κ3) is 5.37. The van der Waals surface area contributed by atoms with Crippen LogP contribution in [-0.2, 0) is 0 Å². The molecule has 104 valence electrons. The minimum Gasteiger partial charge on any atom is -0.327 e. The molecule has 1 rings (SSSR count). The van der Waals surface area contributed by atoms with Crippen molar-refractivity contribution >= 4 is 5.71 Å². The number of nitrogens with two attached hydrogens (primary N) is 2. The van der Waals surface area contributed by atoms with Gasteiger partial charge in [-0.3, -0.25) is 4.99 Å². The van der Waals surface area contributed by atoms with Gasteiger partial charge in [0.25, 0.3) is 0 Å². The summed E-state index contributed by atoms with van der Waals surface area (Å²) in [6, 6.07) is 0. The quantitative estimate of drug-likeness (QED) is 0.720. The Kier molecular flexibility index (Phi) is 7.08. The maximum atomic E-state index is 5.75. The molecule has 0 bridgehead atoms. The van der Waals surface area contributed by atoms with E-state index in [0.717, 1.165) is 25.1 Å². The molecule has 0 unspecified atom stereocenters. The van der Waals surface area contributed by atoms with Gasteiger partial charge in [-0.05, 0) is 36.1 Å². The molecule has 0 radical (unpaired) electrons. The van der Waals surface area contributed by atoms with E-state index >= 15 is 0 Å². The summed E-state index contributed by atoms with van der Waals surface area (Å²) in [5.74, 6) is 0. The van der Waals surface area contributed by atoms with Crippen LogP contribution < -0.4 is 11.5 Å². The molecular weight excluding hydrogens is 234 g/mol. The zero-order chi connectivity index (χ0) is 14.1. The average Bonchev–Trinajstić information content (AvgIpc) is 2.61. The molecule has 0 aromatic rings. The Hall–Kier alpha value is -1.45. The van der Waals surface area contributed by atoms with Gasteiger partial charge in [-0.2, -0.15) is 0 Å². The van der Waals surface area contributed by atoms with Gasteiger partial charge in [0.05, 0.1) is 6.54 Å². The number of nitrogens with zero attached hydrogens (tertiary/aromatic N) is 1. The topological polar surface area (TPSA) is 64.4 Å². The molecular formula is C16H25N3. The molecule has 3 nitrogen and oxygen atoms in total. The Morgan fingerprint density at radius 3 is 2.79 bits per heavy atom. The van der Waals surface area contributed by atoms with Crippen molar-refractivity contribution < 1.29 is 0 Å². The van der Waals surface area contributed by atoms with E-state index in [9.17, 15) is 0 Å². The second kappa shape index (κ2) is 8.62. The highest BCUT2D eigenvalue weighted by molar-refractivity contribution is 5.97. The van der Waals surface area contributed by atoms with Gasteiger partial charge >= 0.3 is 0 Å². The molecule has 0 saturated heterocycles. The molecule has 0 aromatic heterocycles. The van der Waals surface area contributed by atoms with Crippen LogP contribution in [0.2, 0.25) is 0 Å². The molecule has 0 fully saturated rings. The van der Waals surface area contributed by atoms with Crippen molar-refractivity contribution in [1.82, 2.24) is 0 Å². The first-order valence-electron chi connectivity index (χ1n) is 6.89. The van der Waals surface area contributed by atoms with Crippen LogP contribution in [0, 0.1) is 0 Å². The van der Waals surface area contributed by atoms with Gasteiger partial charge in [-0.25, -0.2) is 0 Å². The predicted octanol–water partition coefficient (Wildman–Crippen LogP) is 2.51. The molecule has 19 heavy (non-hydrogen) atoms. The molecule has 0 spiro atoms. The fraction of sp³-hybridized carbons (Fsp3) is 0.438. The number of allylic oxidation sites excluding steroid dienone is 4. The van der Waals surface area contributed by atoms with Crippen LogP contribution in [0.3, 0.4) is 0 Å². The minimum atomic E-state index is 0.491. The fourth-order valence-electron chi connectivity index (χ4n) is 1.77. The summed E-state index contributed by atoms with van der Waals surface area (Å²) in [7, 11) is 0. The van der Waals surface area contributed by atoms with E-state index in [4.69, 9.17) is 11.5 Å². The number of unbranched alkanes of at least 4 members (excludes halogenated alkanes) is 1. The van der Waals surface area contributed by atoms with E-state index in [-0.39, 0.29) is 0 Å². The summed E-state index contributed by atoms with van der Waals surface area (Å²) in [5, 5.41) is 0. The summed E-state index contributed by atoms with van der Waals surface area (Å²) >= 11 is 0. The zero-order valence-corrected chi connectivity index (χ0v) is 12.0. The normalized spacial score (nSPS) is 17.1. The Bertz CT molecular complexity index is 437. The SMILES string of the molecule is CCCC=C(C=CC1=C(C)CN=C(CN)C=C1)CN. The van der Waals surface area contributed by atoms with Crippen molar-refractivity contribution in [3.8, 4) is 0 Å². The van der Waals surface area contributed by atoms with Gasteiger partial charge in [-0.1, -0.05) is 37.6 Å². The van der Waals surface area contributed by atoms with Gasteiger partial charge in [0.2, 0.25) is 0 Å². The molecule has 1 heterocycles. The van der Waals surface area contributed by atoms with Crippen LogP contribution in [0.5, 0.6) is 0 Å². The van der Waals surface area contributed by atoms with Crippen molar-refractivity contribution in [2.75, 3.05) is 19.6 Å². The van der Waals surface area contributed by atoms with E-state index < -0.39 is 0 Å². The van der Waals surface area contributed by atoms with Crippen LogP contribution in [-0.4, -0.2) is 25.3 Å². The lowest BCUT2D eigenvalue weighted by Gasteiger charge is -2.01. The van der Waals surface area contributed by atoms with E-state index in [0.29, 0.717) is 13.1 Å². The molecule has 0 atom stereocenters. The lowest BCUT2D eigenvalue weighted by Crippen LogP contribution is -2.11. The van der Waals surface area contributed by atoms with Crippen molar-refractivity contribution in [2.24, 2.45) is 16.5 Å². The fourth-order valence-corrected chi connectivity index (χ4v) is 1.77. The van der Waals surface area contributed by atoms with E-state index in [1.54, 1.807) is 0 Å².